The van der Waals surface area contributed by atoms with Crippen LogP contribution in [0, 0.1) is 0 Å². The lowest BCUT2D eigenvalue weighted by molar-refractivity contribution is 0.290. The Kier molecular flexibility index (Phi) is 2.39. The van der Waals surface area contributed by atoms with Crippen LogP contribution in [0.2, 0.25) is 0 Å². The van der Waals surface area contributed by atoms with E-state index in [9.17, 15) is 4.79 Å². The molecule has 1 aliphatic carbocycles. The van der Waals surface area contributed by atoms with Crippen molar-refractivity contribution in [1.29, 1.82) is 0 Å². The predicted molar refractivity (Wildman–Crippen MR) is 74.7 cm³/mol. The molecule has 1 aliphatic heterocycles. The van der Waals surface area contributed by atoms with Gasteiger partial charge in [0.2, 0.25) is 5.88 Å². The van der Waals surface area contributed by atoms with Crippen molar-refractivity contribution < 1.29 is 4.74 Å². The van der Waals surface area contributed by atoms with Crippen LogP contribution in [0.4, 0.5) is 0 Å². The van der Waals surface area contributed by atoms with Crippen molar-refractivity contribution in [3.05, 3.63) is 56.5 Å². The van der Waals surface area contributed by atoms with E-state index in [-0.39, 0.29) is 11.7 Å². The third-order valence-corrected chi connectivity index (χ3v) is 3.37. The Morgan fingerprint density at radius 1 is 1.25 bits per heavy atom. The highest BCUT2D eigenvalue weighted by atomic mass is 16.5. The number of nitrogens with one attached hydrogen (secondary N) is 2. The van der Waals surface area contributed by atoms with Gasteiger partial charge in [-0.3, -0.25) is 15.0 Å². The number of para-hydroxylation sites is 1. The quantitative estimate of drug-likeness (QED) is 0.859. The molecule has 5 nitrogen and oxygen atoms in total. The van der Waals surface area contributed by atoms with Crippen molar-refractivity contribution in [1.82, 2.24) is 10.2 Å². The fourth-order valence-corrected chi connectivity index (χ4v) is 2.19. The summed E-state index contributed by atoms with van der Waals surface area (Å²) in [5.41, 5.74) is 1.07. The number of aromatic amines is 2. The molecular weight excluding hydrogens is 254 g/mol. The lowest BCUT2D eigenvalue weighted by Crippen LogP contribution is -2.19. The molecule has 2 N–H and O–H groups in total. The molecule has 0 unspecified atom stereocenters. The van der Waals surface area contributed by atoms with E-state index in [1.54, 1.807) is 6.08 Å². The zero-order chi connectivity index (χ0) is 13.5. The highest BCUT2D eigenvalue weighted by Gasteiger charge is 2.25. The number of aromatic nitrogens is 2. The van der Waals surface area contributed by atoms with Gasteiger partial charge < -0.3 is 4.74 Å². The van der Waals surface area contributed by atoms with Crippen molar-refractivity contribution in [2.24, 2.45) is 4.99 Å². The van der Waals surface area contributed by atoms with E-state index in [1.165, 1.54) is 0 Å². The molecule has 0 amide bonds. The molecule has 20 heavy (non-hydrogen) atoms. The fourth-order valence-electron chi connectivity index (χ4n) is 2.19. The molecule has 2 heterocycles. The zero-order valence-electron chi connectivity index (χ0n) is 10.7. The molecule has 100 valence electrons. The van der Waals surface area contributed by atoms with E-state index in [1.807, 2.05) is 30.3 Å². The van der Waals surface area contributed by atoms with Gasteiger partial charge in [-0.15, -0.1) is 0 Å². The smallest absolute Gasteiger partial charge is 0.275 e. The first kappa shape index (κ1) is 11.3. The van der Waals surface area contributed by atoms with Crippen LogP contribution < -0.4 is 20.9 Å². The Bertz CT molecular complexity index is 832. The third kappa shape index (κ3) is 1.97. The SMILES string of the molecule is O=c1[nH][nH]c(OC2CC2)c1/C=C1\C=c2ccccc2=N1. The monoisotopic (exact) mass is 267 g/mol. The predicted octanol–water partition coefficient (Wildman–Crippen LogP) is 0.699. The van der Waals surface area contributed by atoms with Crippen molar-refractivity contribution in [2.45, 2.75) is 18.9 Å². The first-order valence-electron chi connectivity index (χ1n) is 6.64. The van der Waals surface area contributed by atoms with Crippen molar-refractivity contribution in [2.75, 3.05) is 0 Å². The van der Waals surface area contributed by atoms with Crippen molar-refractivity contribution >= 4 is 12.2 Å². The molecule has 1 aromatic heterocycles. The first-order chi connectivity index (χ1) is 9.79. The highest BCUT2D eigenvalue weighted by molar-refractivity contribution is 5.67. The number of H-pyrrole nitrogens is 2. The van der Waals surface area contributed by atoms with Crippen molar-refractivity contribution in [3.63, 3.8) is 0 Å². The minimum atomic E-state index is -0.187. The molecule has 4 rings (SSSR count). The average molecular weight is 267 g/mol. The van der Waals surface area contributed by atoms with Gasteiger partial charge >= 0.3 is 0 Å². The number of rotatable bonds is 3. The summed E-state index contributed by atoms with van der Waals surface area (Å²) in [5.74, 6) is 0.504. The Hall–Kier alpha value is -2.56. The standard InChI is InChI=1S/C15H13N3O2/c19-14-12(15(18-17-14)20-11-5-6-11)8-10-7-9-3-1-2-4-13(9)16-10/h1-4,7-8,11H,5-6H2,(H2,17,18,19)/b10-8+. The van der Waals surface area contributed by atoms with Crippen LogP contribution in [0.5, 0.6) is 5.88 Å². The molecule has 1 fully saturated rings. The summed E-state index contributed by atoms with van der Waals surface area (Å²) in [6.07, 6.45) is 6.05. The van der Waals surface area contributed by atoms with Gasteiger partial charge in [0.25, 0.3) is 5.56 Å². The van der Waals surface area contributed by atoms with Gasteiger partial charge in [0.1, 0.15) is 11.7 Å². The molecule has 1 saturated carbocycles. The maximum Gasteiger partial charge on any atom is 0.275 e. The van der Waals surface area contributed by atoms with Crippen LogP contribution in [0.3, 0.4) is 0 Å². The number of benzene rings is 1. The number of allylic oxidation sites excluding steroid dienone is 1. The van der Waals surface area contributed by atoms with Crippen LogP contribution in [0.25, 0.3) is 12.2 Å². The van der Waals surface area contributed by atoms with E-state index < -0.39 is 0 Å². The summed E-state index contributed by atoms with van der Waals surface area (Å²) in [6, 6.07) is 7.88. The second kappa shape index (κ2) is 4.23. The lowest BCUT2D eigenvalue weighted by Gasteiger charge is -2.00. The van der Waals surface area contributed by atoms with Gasteiger partial charge in [-0.2, -0.15) is 0 Å². The largest absolute Gasteiger partial charge is 0.474 e. The molecule has 0 atom stereocenters. The topological polar surface area (TPSA) is 70.2 Å². The summed E-state index contributed by atoms with van der Waals surface area (Å²) >= 11 is 0. The second-order valence-electron chi connectivity index (χ2n) is 5.02. The summed E-state index contributed by atoms with van der Waals surface area (Å²) in [4.78, 5) is 16.3. The molecule has 2 aliphatic rings. The number of hydrogen-bond donors (Lipinski definition) is 2. The maximum atomic E-state index is 11.8. The summed E-state index contributed by atoms with van der Waals surface area (Å²) in [7, 11) is 0. The molecule has 2 aromatic rings. The van der Waals surface area contributed by atoms with Crippen LogP contribution in [-0.2, 0) is 0 Å². The molecule has 0 spiro atoms. The van der Waals surface area contributed by atoms with E-state index in [4.69, 9.17) is 4.74 Å². The van der Waals surface area contributed by atoms with E-state index in [0.29, 0.717) is 11.4 Å². The van der Waals surface area contributed by atoms with Gasteiger partial charge in [0.15, 0.2) is 0 Å². The molecular formula is C15H13N3O2. The van der Waals surface area contributed by atoms with Gasteiger partial charge in [-0.25, -0.2) is 4.99 Å². The number of nitrogens with zero attached hydrogens (tertiary/aromatic N) is 1. The Balaban J connectivity index is 1.76. The number of fused-ring (bicyclic) bond motifs is 1. The molecule has 0 bridgehead atoms. The molecule has 1 aromatic carbocycles. The van der Waals surface area contributed by atoms with E-state index >= 15 is 0 Å². The van der Waals surface area contributed by atoms with E-state index in [2.05, 4.69) is 15.2 Å². The minimum Gasteiger partial charge on any atom is -0.474 e. The van der Waals surface area contributed by atoms with Crippen LogP contribution >= 0.6 is 0 Å². The zero-order valence-corrected chi connectivity index (χ0v) is 10.7. The Morgan fingerprint density at radius 2 is 2.10 bits per heavy atom. The highest BCUT2D eigenvalue weighted by Crippen LogP contribution is 2.27. The van der Waals surface area contributed by atoms with Crippen LogP contribution in [0.1, 0.15) is 18.4 Å². The Labute approximate surface area is 114 Å². The van der Waals surface area contributed by atoms with Gasteiger partial charge in [0.05, 0.1) is 11.1 Å². The summed E-state index contributed by atoms with van der Waals surface area (Å²) < 4.78 is 5.68. The second-order valence-corrected chi connectivity index (χ2v) is 5.02. The van der Waals surface area contributed by atoms with Crippen molar-refractivity contribution in [3.8, 4) is 5.88 Å². The fraction of sp³-hybridized carbons (Fsp3) is 0.200. The molecule has 5 heteroatoms. The average Bonchev–Trinajstić information content (AvgIpc) is 3.07. The molecule has 0 saturated heterocycles. The normalized spacial score (nSPS) is 18.5. The van der Waals surface area contributed by atoms with E-state index in [0.717, 1.165) is 29.1 Å². The number of ether oxygens (including phenoxy) is 1. The molecule has 0 radical (unpaired) electrons. The summed E-state index contributed by atoms with van der Waals surface area (Å²) in [5, 5.41) is 7.33. The summed E-state index contributed by atoms with van der Waals surface area (Å²) in [6.45, 7) is 0. The first-order valence-corrected chi connectivity index (χ1v) is 6.64. The lowest BCUT2D eigenvalue weighted by atomic mass is 10.2. The van der Waals surface area contributed by atoms with Gasteiger partial charge in [-0.05, 0) is 31.1 Å². The van der Waals surface area contributed by atoms with Gasteiger partial charge in [0, 0.05) is 5.22 Å². The van der Waals surface area contributed by atoms with Gasteiger partial charge in [-0.1, -0.05) is 18.2 Å². The third-order valence-electron chi connectivity index (χ3n) is 3.37. The minimum absolute atomic E-state index is 0.187. The Morgan fingerprint density at radius 3 is 2.90 bits per heavy atom. The number of hydrogen-bond acceptors (Lipinski definition) is 3. The maximum absolute atomic E-state index is 11.8. The van der Waals surface area contributed by atoms with Crippen LogP contribution in [-0.4, -0.2) is 16.3 Å². The van der Waals surface area contributed by atoms with Crippen LogP contribution in [0.15, 0.2) is 39.7 Å².